The molecule has 3 rings (SSSR count). The van der Waals surface area contributed by atoms with Crippen molar-refractivity contribution in [1.29, 1.82) is 0 Å². The van der Waals surface area contributed by atoms with E-state index in [1.807, 2.05) is 0 Å². The minimum Gasteiger partial charge on any atom is -0.444 e. The molecule has 1 fully saturated rings. The molecule has 1 aliphatic heterocycles. The van der Waals surface area contributed by atoms with Crippen molar-refractivity contribution in [1.82, 2.24) is 5.32 Å². The van der Waals surface area contributed by atoms with Crippen LogP contribution in [-0.4, -0.2) is 42.4 Å². The van der Waals surface area contributed by atoms with Crippen LogP contribution in [0.2, 0.25) is 0 Å². The van der Waals surface area contributed by atoms with Gasteiger partial charge in [-0.2, -0.15) is 26.3 Å². The highest BCUT2D eigenvalue weighted by Gasteiger charge is 2.54. The molecule has 2 aromatic carbocycles. The lowest BCUT2D eigenvalue weighted by molar-refractivity contribution is -0.167. The second kappa shape index (κ2) is 11.3. The summed E-state index contributed by atoms with van der Waals surface area (Å²) in [5.74, 6) is -3.30. The Kier molecular flexibility index (Phi) is 8.80. The van der Waals surface area contributed by atoms with Crippen molar-refractivity contribution < 1.29 is 45.4 Å². The zero-order valence-corrected chi connectivity index (χ0v) is 21.0. The molecular weight excluding hydrogens is 516 g/mol. The van der Waals surface area contributed by atoms with Gasteiger partial charge in [0.25, 0.3) is 0 Å². The number of aldehydes is 1. The molecule has 0 radical (unpaired) electrons. The van der Waals surface area contributed by atoms with E-state index in [0.717, 1.165) is 12.1 Å². The molecule has 0 aliphatic carbocycles. The Hall–Kier alpha value is -3.08. The van der Waals surface area contributed by atoms with Crippen LogP contribution in [-0.2, 0) is 26.9 Å². The fourth-order valence-corrected chi connectivity index (χ4v) is 4.70. The molecule has 1 amide bonds. The number of hydrogen-bond donors (Lipinski definition) is 1. The summed E-state index contributed by atoms with van der Waals surface area (Å²) < 4.78 is 93.4. The van der Waals surface area contributed by atoms with Gasteiger partial charge in [-0.1, -0.05) is 42.5 Å². The molecular formula is C27H29F6NO4. The maximum absolute atomic E-state index is 14.4. The van der Waals surface area contributed by atoms with Crippen LogP contribution >= 0.6 is 0 Å². The number of rotatable bonds is 7. The molecule has 0 unspecified atom stereocenters. The average molecular weight is 546 g/mol. The molecule has 5 atom stereocenters. The van der Waals surface area contributed by atoms with E-state index in [1.165, 1.54) is 36.4 Å². The van der Waals surface area contributed by atoms with Crippen LogP contribution in [0.25, 0.3) is 0 Å². The van der Waals surface area contributed by atoms with Crippen molar-refractivity contribution in [2.75, 3.05) is 0 Å². The van der Waals surface area contributed by atoms with Crippen LogP contribution in [0.3, 0.4) is 0 Å². The molecule has 0 spiro atoms. The zero-order valence-electron chi connectivity index (χ0n) is 21.0. The predicted molar refractivity (Wildman–Crippen MR) is 126 cm³/mol. The maximum atomic E-state index is 14.4. The standard InChI is InChI=1S/C27H29F6NO4/c1-25(2,3)38-24(36)34-21(13-16-9-11-18(12-10-16)26(28,29)30)23-20(14-19(15-35)37-23)22(27(31,32)33)17-7-5-4-6-8-17/h4-12,15,19-23H,13-14H2,1-3H3,(H,34,36)/t19-,20-,21-,22+,23-/m0/s1. The zero-order chi connectivity index (χ0) is 28.3. The molecule has 1 N–H and O–H groups in total. The second-order valence-corrected chi connectivity index (χ2v) is 10.3. The summed E-state index contributed by atoms with van der Waals surface area (Å²) in [4.78, 5) is 24.3. The monoisotopic (exact) mass is 545 g/mol. The van der Waals surface area contributed by atoms with Crippen LogP contribution < -0.4 is 5.32 Å². The van der Waals surface area contributed by atoms with Gasteiger partial charge in [-0.25, -0.2) is 4.79 Å². The molecule has 208 valence electrons. The summed E-state index contributed by atoms with van der Waals surface area (Å²) >= 11 is 0. The topological polar surface area (TPSA) is 64.6 Å². The van der Waals surface area contributed by atoms with Crippen molar-refractivity contribution in [3.63, 3.8) is 0 Å². The number of carbonyl (C=O) groups excluding carboxylic acids is 2. The van der Waals surface area contributed by atoms with Gasteiger partial charge in [0.15, 0.2) is 0 Å². The molecule has 38 heavy (non-hydrogen) atoms. The van der Waals surface area contributed by atoms with Gasteiger partial charge in [-0.15, -0.1) is 0 Å². The molecule has 5 nitrogen and oxygen atoms in total. The van der Waals surface area contributed by atoms with E-state index >= 15 is 0 Å². The Bertz CT molecular complexity index is 1080. The quantitative estimate of drug-likeness (QED) is 0.321. The Morgan fingerprint density at radius 3 is 2.13 bits per heavy atom. The number of halogens is 6. The molecule has 0 bridgehead atoms. The van der Waals surface area contributed by atoms with Gasteiger partial charge < -0.3 is 19.6 Å². The van der Waals surface area contributed by atoms with E-state index in [-0.39, 0.29) is 18.4 Å². The molecule has 2 aromatic rings. The van der Waals surface area contributed by atoms with Crippen LogP contribution in [0.4, 0.5) is 31.1 Å². The van der Waals surface area contributed by atoms with E-state index in [0.29, 0.717) is 11.8 Å². The highest BCUT2D eigenvalue weighted by Crippen LogP contribution is 2.48. The van der Waals surface area contributed by atoms with Gasteiger partial charge in [0.2, 0.25) is 0 Å². The fraction of sp³-hybridized carbons (Fsp3) is 0.481. The van der Waals surface area contributed by atoms with Crippen LogP contribution in [0.1, 0.15) is 49.8 Å². The molecule has 1 saturated heterocycles. The minimum absolute atomic E-state index is 0.0318. The van der Waals surface area contributed by atoms with Gasteiger partial charge in [0.05, 0.1) is 23.6 Å². The smallest absolute Gasteiger partial charge is 0.416 e. The Morgan fingerprint density at radius 2 is 1.63 bits per heavy atom. The SMILES string of the molecule is CC(C)(C)OC(=O)N[C@@H](Cc1ccc(C(F)(F)F)cc1)[C@H]1O[C@H](C=O)C[C@H]1[C@@H](c1ccccc1)C(F)(F)F. The van der Waals surface area contributed by atoms with Crippen LogP contribution in [0.5, 0.6) is 0 Å². The highest BCUT2D eigenvalue weighted by molar-refractivity contribution is 5.68. The van der Waals surface area contributed by atoms with Crippen LogP contribution in [0.15, 0.2) is 54.6 Å². The number of hydrogen-bond acceptors (Lipinski definition) is 4. The van der Waals surface area contributed by atoms with Gasteiger partial charge >= 0.3 is 18.4 Å². The summed E-state index contributed by atoms with van der Waals surface area (Å²) in [5.41, 5.74) is -1.53. The number of nitrogens with one attached hydrogen (secondary N) is 1. The number of alkyl halides is 6. The Labute approximate surface area is 216 Å². The summed E-state index contributed by atoms with van der Waals surface area (Å²) in [6.45, 7) is 4.80. The van der Waals surface area contributed by atoms with Crippen molar-refractivity contribution in [3.8, 4) is 0 Å². The van der Waals surface area contributed by atoms with Crippen LogP contribution in [0, 0.1) is 5.92 Å². The summed E-state index contributed by atoms with van der Waals surface area (Å²) in [6.07, 6.45) is -12.7. The van der Waals surface area contributed by atoms with E-state index in [9.17, 15) is 35.9 Å². The summed E-state index contributed by atoms with van der Waals surface area (Å²) in [6, 6.07) is 10.1. The summed E-state index contributed by atoms with van der Waals surface area (Å²) in [7, 11) is 0. The lowest BCUT2D eigenvalue weighted by atomic mass is 9.77. The third-order valence-electron chi connectivity index (χ3n) is 6.19. The normalized spacial score (nSPS) is 22.0. The van der Waals surface area contributed by atoms with Gasteiger partial charge in [0, 0.05) is 5.92 Å². The molecule has 11 heteroatoms. The Morgan fingerprint density at radius 1 is 1.03 bits per heavy atom. The fourth-order valence-electron chi connectivity index (χ4n) is 4.70. The van der Waals surface area contributed by atoms with Crippen molar-refractivity contribution in [2.45, 2.75) is 75.7 Å². The van der Waals surface area contributed by atoms with E-state index in [2.05, 4.69) is 5.32 Å². The predicted octanol–water partition coefficient (Wildman–Crippen LogP) is 6.46. The molecule has 0 aromatic heterocycles. The first-order chi connectivity index (χ1) is 17.6. The number of amides is 1. The minimum atomic E-state index is -4.71. The number of alkyl carbamates (subject to hydrolysis) is 1. The lowest BCUT2D eigenvalue weighted by Gasteiger charge is -2.34. The largest absolute Gasteiger partial charge is 0.444 e. The van der Waals surface area contributed by atoms with Gasteiger partial charge in [0.1, 0.15) is 18.0 Å². The first-order valence-corrected chi connectivity index (χ1v) is 12.0. The molecule has 0 saturated carbocycles. The van der Waals surface area contributed by atoms with Crippen molar-refractivity contribution in [3.05, 3.63) is 71.3 Å². The van der Waals surface area contributed by atoms with E-state index < -0.39 is 59.7 Å². The van der Waals surface area contributed by atoms with E-state index in [4.69, 9.17) is 9.47 Å². The number of carbonyl (C=O) groups is 2. The summed E-state index contributed by atoms with van der Waals surface area (Å²) in [5, 5.41) is 2.55. The van der Waals surface area contributed by atoms with Crippen molar-refractivity contribution in [2.24, 2.45) is 5.92 Å². The van der Waals surface area contributed by atoms with Gasteiger partial charge in [-0.3, -0.25) is 0 Å². The van der Waals surface area contributed by atoms with Crippen molar-refractivity contribution >= 4 is 12.4 Å². The molecule has 1 aliphatic rings. The molecule has 1 heterocycles. The third kappa shape index (κ3) is 7.72. The number of ether oxygens (including phenoxy) is 2. The first-order valence-electron chi connectivity index (χ1n) is 12.0. The second-order valence-electron chi connectivity index (χ2n) is 10.3. The first kappa shape index (κ1) is 29.5. The number of benzene rings is 2. The lowest BCUT2D eigenvalue weighted by Crippen LogP contribution is -2.50. The highest BCUT2D eigenvalue weighted by atomic mass is 19.4. The average Bonchev–Trinajstić information content (AvgIpc) is 3.21. The maximum Gasteiger partial charge on any atom is 0.416 e. The van der Waals surface area contributed by atoms with E-state index in [1.54, 1.807) is 26.8 Å². The Balaban J connectivity index is 2.01. The van der Waals surface area contributed by atoms with Gasteiger partial charge in [-0.05, 0) is 56.9 Å². The third-order valence-corrected chi connectivity index (χ3v) is 6.19.